The molecular weight excluding hydrogens is 476 g/mol. The van der Waals surface area contributed by atoms with Crippen molar-refractivity contribution in [2.24, 2.45) is 0 Å². The lowest BCUT2D eigenvalue weighted by Crippen LogP contribution is -2.23. The van der Waals surface area contributed by atoms with E-state index in [0.29, 0.717) is 27.7 Å². The van der Waals surface area contributed by atoms with Crippen LogP contribution in [0.15, 0.2) is 57.4 Å². The summed E-state index contributed by atoms with van der Waals surface area (Å²) in [6.45, 7) is 1.68. The number of carbonyl (C=O) groups is 1. The van der Waals surface area contributed by atoms with Crippen LogP contribution in [0.4, 0.5) is 5.13 Å². The first-order chi connectivity index (χ1) is 15.3. The topological polar surface area (TPSA) is 140 Å². The van der Waals surface area contributed by atoms with Crippen molar-refractivity contribution < 1.29 is 17.7 Å². The fourth-order valence-electron chi connectivity index (χ4n) is 2.62. The van der Waals surface area contributed by atoms with Gasteiger partial charge >= 0.3 is 0 Å². The van der Waals surface area contributed by atoms with Gasteiger partial charge in [-0.3, -0.25) is 10.1 Å². The molecule has 4 rings (SSSR count). The van der Waals surface area contributed by atoms with Gasteiger partial charge < -0.3 is 4.52 Å². The second-order valence-corrected chi connectivity index (χ2v) is 9.84. The van der Waals surface area contributed by atoms with Crippen molar-refractivity contribution in [2.75, 3.05) is 5.32 Å². The van der Waals surface area contributed by atoms with Crippen LogP contribution in [-0.4, -0.2) is 34.7 Å². The van der Waals surface area contributed by atoms with Crippen LogP contribution in [0.2, 0.25) is 5.02 Å². The highest BCUT2D eigenvalue weighted by Crippen LogP contribution is 2.22. The van der Waals surface area contributed by atoms with Crippen LogP contribution in [0, 0.1) is 6.92 Å². The highest BCUT2D eigenvalue weighted by atomic mass is 35.5. The van der Waals surface area contributed by atoms with E-state index >= 15 is 0 Å². The van der Waals surface area contributed by atoms with E-state index in [4.69, 9.17) is 16.1 Å². The number of benzene rings is 2. The van der Waals surface area contributed by atoms with E-state index in [1.165, 1.54) is 12.1 Å². The monoisotopic (exact) mass is 490 g/mol. The Morgan fingerprint density at radius 3 is 2.62 bits per heavy atom. The number of rotatable bonds is 7. The van der Waals surface area contributed by atoms with Crippen molar-refractivity contribution in [1.29, 1.82) is 0 Å². The van der Waals surface area contributed by atoms with Gasteiger partial charge in [-0.25, -0.2) is 8.42 Å². The summed E-state index contributed by atoms with van der Waals surface area (Å²) < 4.78 is 32.2. The summed E-state index contributed by atoms with van der Waals surface area (Å²) in [6, 6.07) is 13.7. The highest BCUT2D eigenvalue weighted by Gasteiger charge is 2.22. The van der Waals surface area contributed by atoms with Crippen LogP contribution in [-0.2, 0) is 16.6 Å². The van der Waals surface area contributed by atoms with E-state index in [1.807, 2.05) is 31.2 Å². The minimum atomic E-state index is -4.01. The van der Waals surface area contributed by atoms with Crippen LogP contribution in [0.25, 0.3) is 11.4 Å². The first kappa shape index (κ1) is 22.0. The summed E-state index contributed by atoms with van der Waals surface area (Å²) in [5, 5.41) is 14.3. The number of nitrogens with zero attached hydrogens (tertiary/aromatic N) is 4. The molecule has 0 aliphatic heterocycles. The molecule has 0 spiro atoms. The SMILES string of the molecule is Cc1ccccc1-c1noc(CNS(=O)(=O)c2nnc(NC(=O)c3ccc(Cl)cc3)s2)n1. The van der Waals surface area contributed by atoms with E-state index in [0.717, 1.165) is 11.1 Å². The van der Waals surface area contributed by atoms with Gasteiger partial charge in [0.25, 0.3) is 15.9 Å². The molecule has 1 amide bonds. The molecule has 0 atom stereocenters. The lowest BCUT2D eigenvalue weighted by molar-refractivity contribution is 0.102. The van der Waals surface area contributed by atoms with Crippen LogP contribution in [0.3, 0.4) is 0 Å². The molecule has 0 aliphatic rings. The van der Waals surface area contributed by atoms with Crippen molar-refractivity contribution in [2.45, 2.75) is 17.8 Å². The molecule has 2 heterocycles. The molecule has 0 unspecified atom stereocenters. The van der Waals surface area contributed by atoms with Gasteiger partial charge in [0.1, 0.15) is 0 Å². The summed E-state index contributed by atoms with van der Waals surface area (Å²) in [5.74, 6) is -0.0164. The van der Waals surface area contributed by atoms with Gasteiger partial charge in [0.2, 0.25) is 21.2 Å². The number of sulfonamides is 1. The largest absolute Gasteiger partial charge is 0.338 e. The van der Waals surface area contributed by atoms with Crippen molar-refractivity contribution >= 4 is 44.0 Å². The quantitative estimate of drug-likeness (QED) is 0.376. The van der Waals surface area contributed by atoms with Crippen molar-refractivity contribution in [3.8, 4) is 11.4 Å². The molecule has 10 nitrogen and oxygen atoms in total. The van der Waals surface area contributed by atoms with E-state index in [-0.39, 0.29) is 21.9 Å². The number of aromatic nitrogens is 4. The average Bonchev–Trinajstić information content (AvgIpc) is 3.43. The van der Waals surface area contributed by atoms with Crippen LogP contribution < -0.4 is 10.0 Å². The summed E-state index contributed by atoms with van der Waals surface area (Å²) in [4.78, 5) is 16.4. The number of aryl methyl sites for hydroxylation is 1. The Morgan fingerprint density at radius 1 is 1.12 bits per heavy atom. The maximum atomic E-state index is 12.5. The molecule has 0 radical (unpaired) electrons. The van der Waals surface area contributed by atoms with Gasteiger partial charge in [0.15, 0.2) is 0 Å². The highest BCUT2D eigenvalue weighted by molar-refractivity contribution is 7.91. The Kier molecular flexibility index (Phi) is 6.28. The molecule has 2 aromatic heterocycles. The number of anilines is 1. The Labute approximate surface area is 191 Å². The molecule has 2 N–H and O–H groups in total. The number of carbonyl (C=O) groups excluding carboxylic acids is 1. The molecular formula is C19H15ClN6O4S2. The molecule has 0 saturated heterocycles. The third-order valence-electron chi connectivity index (χ3n) is 4.23. The molecule has 0 saturated carbocycles. The normalized spacial score (nSPS) is 11.4. The first-order valence-electron chi connectivity index (χ1n) is 9.10. The lowest BCUT2D eigenvalue weighted by atomic mass is 10.1. The Bertz CT molecular complexity index is 1370. The lowest BCUT2D eigenvalue weighted by Gasteiger charge is -2.01. The van der Waals surface area contributed by atoms with Crippen molar-refractivity contribution in [3.05, 3.63) is 70.6 Å². The molecule has 2 aromatic carbocycles. The number of amides is 1. The van der Waals surface area contributed by atoms with Crippen LogP contribution >= 0.6 is 22.9 Å². The van der Waals surface area contributed by atoms with Crippen LogP contribution in [0.5, 0.6) is 0 Å². The third kappa shape index (κ3) is 4.99. The maximum Gasteiger partial charge on any atom is 0.270 e. The summed E-state index contributed by atoms with van der Waals surface area (Å²) in [7, 11) is -4.01. The second kappa shape index (κ2) is 9.12. The maximum absolute atomic E-state index is 12.5. The number of hydrogen-bond donors (Lipinski definition) is 2. The Hall–Kier alpha value is -3.19. The van der Waals surface area contributed by atoms with Crippen molar-refractivity contribution in [3.63, 3.8) is 0 Å². The smallest absolute Gasteiger partial charge is 0.270 e. The first-order valence-corrected chi connectivity index (χ1v) is 11.8. The fraction of sp³-hybridized carbons (Fsp3) is 0.105. The fourth-order valence-corrected chi connectivity index (χ4v) is 4.65. The minimum absolute atomic E-state index is 0.0324. The number of nitrogens with one attached hydrogen (secondary N) is 2. The average molecular weight is 491 g/mol. The zero-order valence-corrected chi connectivity index (χ0v) is 18.8. The van der Waals surface area contributed by atoms with Crippen molar-refractivity contribution in [1.82, 2.24) is 25.1 Å². The predicted octanol–water partition coefficient (Wildman–Crippen LogP) is 3.28. The molecule has 13 heteroatoms. The van der Waals surface area contributed by atoms with Gasteiger partial charge in [0, 0.05) is 16.1 Å². The summed E-state index contributed by atoms with van der Waals surface area (Å²) in [6.07, 6.45) is 0. The predicted molar refractivity (Wildman–Crippen MR) is 118 cm³/mol. The zero-order chi connectivity index (χ0) is 22.7. The zero-order valence-electron chi connectivity index (χ0n) is 16.4. The molecule has 0 fully saturated rings. The van der Waals surface area contributed by atoms with Gasteiger partial charge in [-0.15, -0.1) is 10.2 Å². The van der Waals surface area contributed by atoms with Crippen LogP contribution in [0.1, 0.15) is 21.8 Å². The van der Waals surface area contributed by atoms with E-state index in [2.05, 4.69) is 30.4 Å². The van der Waals surface area contributed by atoms with Gasteiger partial charge in [-0.2, -0.15) is 9.71 Å². The number of halogens is 1. The molecule has 32 heavy (non-hydrogen) atoms. The standard InChI is InChI=1S/C19H15ClN6O4S2/c1-11-4-2-3-5-14(11)16-22-15(30-26-16)10-21-32(28,29)19-25-24-18(31-19)23-17(27)12-6-8-13(20)9-7-12/h2-9,21H,10H2,1H3,(H,23,24,27). The van der Waals surface area contributed by atoms with Gasteiger partial charge in [-0.05, 0) is 36.8 Å². The third-order valence-corrected chi connectivity index (χ3v) is 7.09. The van der Waals surface area contributed by atoms with Gasteiger partial charge in [0.05, 0.1) is 6.54 Å². The second-order valence-electron chi connectivity index (χ2n) is 6.49. The summed E-state index contributed by atoms with van der Waals surface area (Å²) >= 11 is 6.51. The summed E-state index contributed by atoms with van der Waals surface area (Å²) in [5.41, 5.74) is 2.09. The van der Waals surface area contributed by atoms with E-state index in [9.17, 15) is 13.2 Å². The van der Waals surface area contributed by atoms with E-state index < -0.39 is 15.9 Å². The van der Waals surface area contributed by atoms with Gasteiger partial charge in [-0.1, -0.05) is 52.4 Å². The molecule has 0 bridgehead atoms. The molecule has 0 aliphatic carbocycles. The molecule has 164 valence electrons. The molecule has 4 aromatic rings. The Morgan fingerprint density at radius 2 is 1.88 bits per heavy atom. The van der Waals surface area contributed by atoms with E-state index in [1.54, 1.807) is 12.1 Å². The number of hydrogen-bond acceptors (Lipinski definition) is 9. The Balaban J connectivity index is 1.40. The minimum Gasteiger partial charge on any atom is -0.338 e.